The molecule has 3 aliphatic heterocycles. The number of thiazole rings is 1. The van der Waals surface area contributed by atoms with Crippen molar-refractivity contribution in [1.29, 1.82) is 0 Å². The van der Waals surface area contributed by atoms with Gasteiger partial charge in [0.25, 0.3) is 10.0 Å². The molecule has 1 atom stereocenters. The lowest BCUT2D eigenvalue weighted by Gasteiger charge is -2.32. The van der Waals surface area contributed by atoms with E-state index in [1.807, 2.05) is 0 Å². The summed E-state index contributed by atoms with van der Waals surface area (Å²) in [5.41, 5.74) is 0.654. The number of hydrogen-bond donors (Lipinski definition) is 1. The Kier molecular flexibility index (Phi) is 8.00. The molecule has 1 aromatic heterocycles. The highest BCUT2D eigenvalue weighted by Gasteiger charge is 2.58. The van der Waals surface area contributed by atoms with Crippen molar-refractivity contribution in [3.8, 4) is 11.5 Å². The molecule has 3 fully saturated rings. The van der Waals surface area contributed by atoms with Crippen LogP contribution in [0.3, 0.4) is 0 Å². The minimum atomic E-state index is -4.43. The first-order valence-corrected chi connectivity index (χ1v) is 16.3. The van der Waals surface area contributed by atoms with Crippen LogP contribution in [-0.4, -0.2) is 76.7 Å². The smallest absolute Gasteiger partial charge is 0.269 e. The van der Waals surface area contributed by atoms with Gasteiger partial charge in [-0.1, -0.05) is 11.6 Å². The fourth-order valence-corrected chi connectivity index (χ4v) is 8.85. The van der Waals surface area contributed by atoms with Crippen LogP contribution in [0, 0.1) is 5.82 Å². The highest BCUT2D eigenvalue weighted by atomic mass is 35.5. The molecule has 4 heterocycles. The van der Waals surface area contributed by atoms with Crippen molar-refractivity contribution in [2.45, 2.75) is 42.0 Å². The first-order valence-electron chi connectivity index (χ1n) is 13.6. The SMILES string of the molecule is COc1ccc(CN(c2nccs2)S(=O)(=O)c2cc(Cl)c(NC[C@@]34CCCN3CC3(C4)OCCO3)cc2F)c(OC)c1. The van der Waals surface area contributed by atoms with Gasteiger partial charge in [0.1, 0.15) is 22.2 Å². The first-order chi connectivity index (χ1) is 20.2. The Bertz CT molecular complexity index is 1550. The summed E-state index contributed by atoms with van der Waals surface area (Å²) in [5.74, 6) is -0.541. The summed E-state index contributed by atoms with van der Waals surface area (Å²) in [6.07, 6.45) is 4.18. The van der Waals surface area contributed by atoms with Crippen LogP contribution in [0.4, 0.5) is 15.2 Å². The van der Waals surface area contributed by atoms with Crippen LogP contribution in [0.15, 0.2) is 46.8 Å². The molecule has 1 spiro atoms. The summed E-state index contributed by atoms with van der Waals surface area (Å²) < 4.78 is 67.4. The number of methoxy groups -OCH3 is 2. The Hall–Kier alpha value is -2.68. The van der Waals surface area contributed by atoms with E-state index >= 15 is 4.39 Å². The normalized spacial score (nSPS) is 21.5. The minimum Gasteiger partial charge on any atom is -0.497 e. The number of anilines is 2. The van der Waals surface area contributed by atoms with Crippen molar-refractivity contribution in [3.63, 3.8) is 0 Å². The summed E-state index contributed by atoms with van der Waals surface area (Å²) >= 11 is 7.72. The van der Waals surface area contributed by atoms with E-state index in [0.29, 0.717) is 55.5 Å². The largest absolute Gasteiger partial charge is 0.497 e. The van der Waals surface area contributed by atoms with Crippen molar-refractivity contribution < 1.29 is 31.8 Å². The molecule has 0 radical (unpaired) electrons. The van der Waals surface area contributed by atoms with Crippen LogP contribution in [-0.2, 0) is 26.0 Å². The summed E-state index contributed by atoms with van der Waals surface area (Å²) in [4.78, 5) is 6.03. The molecule has 3 aliphatic rings. The quantitative estimate of drug-likeness (QED) is 0.337. The van der Waals surface area contributed by atoms with Crippen molar-refractivity contribution in [2.75, 3.05) is 56.7 Å². The van der Waals surface area contributed by atoms with Crippen LogP contribution < -0.4 is 19.1 Å². The molecule has 0 bridgehead atoms. The van der Waals surface area contributed by atoms with Crippen LogP contribution >= 0.6 is 22.9 Å². The second kappa shape index (κ2) is 11.4. The number of rotatable bonds is 10. The topological polar surface area (TPSA) is 102 Å². The summed E-state index contributed by atoms with van der Waals surface area (Å²) in [5, 5.41) is 5.22. The molecule has 1 N–H and O–H groups in total. The Morgan fingerprint density at radius 2 is 2.02 bits per heavy atom. The van der Waals surface area contributed by atoms with Gasteiger partial charge in [0.05, 0.1) is 51.2 Å². The van der Waals surface area contributed by atoms with Gasteiger partial charge in [0.15, 0.2) is 10.9 Å². The van der Waals surface area contributed by atoms with Gasteiger partial charge >= 0.3 is 0 Å². The van der Waals surface area contributed by atoms with E-state index in [2.05, 4.69) is 15.2 Å². The zero-order valence-electron chi connectivity index (χ0n) is 23.3. The van der Waals surface area contributed by atoms with Gasteiger partial charge in [-0.2, -0.15) is 0 Å². The molecule has 10 nitrogen and oxygen atoms in total. The van der Waals surface area contributed by atoms with E-state index in [4.69, 9.17) is 30.5 Å². The Balaban J connectivity index is 1.27. The van der Waals surface area contributed by atoms with E-state index < -0.39 is 26.5 Å². The van der Waals surface area contributed by atoms with Crippen LogP contribution in [0.2, 0.25) is 5.02 Å². The Morgan fingerprint density at radius 1 is 1.21 bits per heavy atom. The Morgan fingerprint density at radius 3 is 2.74 bits per heavy atom. The molecular formula is C28H32ClFN4O6S2. The van der Waals surface area contributed by atoms with Gasteiger partial charge in [0, 0.05) is 41.7 Å². The van der Waals surface area contributed by atoms with Gasteiger partial charge in [-0.15, -0.1) is 11.3 Å². The van der Waals surface area contributed by atoms with Crippen molar-refractivity contribution >= 4 is 43.8 Å². The molecule has 0 amide bonds. The average molecular weight is 639 g/mol. The van der Waals surface area contributed by atoms with Gasteiger partial charge < -0.3 is 24.3 Å². The predicted octanol–water partition coefficient (Wildman–Crippen LogP) is 4.74. The van der Waals surface area contributed by atoms with Crippen molar-refractivity contribution in [3.05, 3.63) is 58.3 Å². The maximum Gasteiger partial charge on any atom is 0.269 e. The number of hydrogen-bond acceptors (Lipinski definition) is 10. The lowest BCUT2D eigenvalue weighted by atomic mass is 9.92. The van der Waals surface area contributed by atoms with E-state index in [9.17, 15) is 8.42 Å². The number of aromatic nitrogens is 1. The maximum absolute atomic E-state index is 15.7. The second-order valence-electron chi connectivity index (χ2n) is 10.7. The van der Waals surface area contributed by atoms with E-state index in [-0.39, 0.29) is 22.2 Å². The van der Waals surface area contributed by atoms with Gasteiger partial charge in [0.2, 0.25) is 0 Å². The monoisotopic (exact) mass is 638 g/mol. The van der Waals surface area contributed by atoms with E-state index in [0.717, 1.165) is 47.2 Å². The van der Waals surface area contributed by atoms with E-state index in [1.54, 1.807) is 23.6 Å². The summed E-state index contributed by atoms with van der Waals surface area (Å²) in [7, 11) is -1.42. The van der Waals surface area contributed by atoms with Crippen molar-refractivity contribution in [2.24, 2.45) is 0 Å². The molecule has 0 aliphatic carbocycles. The lowest BCUT2D eigenvalue weighted by Crippen LogP contribution is -2.44. The third-order valence-corrected chi connectivity index (χ3v) is 11.2. The van der Waals surface area contributed by atoms with Gasteiger partial charge in [-0.25, -0.2) is 22.1 Å². The summed E-state index contributed by atoms with van der Waals surface area (Å²) in [6.45, 7) is 3.13. The highest BCUT2D eigenvalue weighted by molar-refractivity contribution is 7.93. The number of fused-ring (bicyclic) bond motifs is 1. The van der Waals surface area contributed by atoms with Crippen LogP contribution in [0.5, 0.6) is 11.5 Å². The fourth-order valence-electron chi connectivity index (χ4n) is 6.21. The highest BCUT2D eigenvalue weighted by Crippen LogP contribution is 2.47. The van der Waals surface area contributed by atoms with Crippen LogP contribution in [0.25, 0.3) is 0 Å². The Labute approximate surface area is 253 Å². The molecule has 14 heteroatoms. The number of nitrogens with one attached hydrogen (secondary N) is 1. The third kappa shape index (κ3) is 5.31. The van der Waals surface area contributed by atoms with Gasteiger partial charge in [-0.05, 0) is 43.7 Å². The van der Waals surface area contributed by atoms with Crippen LogP contribution in [0.1, 0.15) is 24.8 Å². The maximum atomic E-state index is 15.7. The molecule has 3 aromatic rings. The predicted molar refractivity (Wildman–Crippen MR) is 158 cm³/mol. The molecule has 0 unspecified atom stereocenters. The number of halogens is 2. The molecule has 3 saturated heterocycles. The fraction of sp³-hybridized carbons (Fsp3) is 0.464. The third-order valence-electron chi connectivity index (χ3n) is 8.22. The number of benzene rings is 2. The molecule has 6 rings (SSSR count). The summed E-state index contributed by atoms with van der Waals surface area (Å²) in [6, 6.07) is 7.35. The number of nitrogens with zero attached hydrogens (tertiary/aromatic N) is 3. The first kappa shape index (κ1) is 29.4. The average Bonchev–Trinajstić information content (AvgIpc) is 3.78. The lowest BCUT2D eigenvalue weighted by molar-refractivity contribution is -0.147. The molecule has 0 saturated carbocycles. The zero-order valence-corrected chi connectivity index (χ0v) is 25.7. The van der Waals surface area contributed by atoms with E-state index in [1.165, 1.54) is 20.4 Å². The molecule has 2 aromatic carbocycles. The molecule has 42 heavy (non-hydrogen) atoms. The number of sulfonamides is 1. The second-order valence-corrected chi connectivity index (χ2v) is 13.8. The standard InChI is InChI=1S/C28H32ClFN4O6S2/c1-37-20-5-4-19(24(12-20)38-2)15-34(26-31-7-11-41-26)42(35,36)25-13-21(29)23(14-22(25)30)32-17-27-6-3-8-33(27)18-28(16-27)39-9-10-40-28/h4-5,7,11-14,32H,3,6,8-10,15-18H2,1-2H3/t27-/m0/s1. The number of ether oxygens (including phenoxy) is 4. The zero-order chi connectivity index (χ0) is 29.5. The molecular weight excluding hydrogens is 607 g/mol. The minimum absolute atomic E-state index is 0.0955. The van der Waals surface area contributed by atoms with Crippen molar-refractivity contribution in [1.82, 2.24) is 9.88 Å². The van der Waals surface area contributed by atoms with Gasteiger partial charge in [-0.3, -0.25) is 4.90 Å². The molecule has 226 valence electrons.